The molecule has 3 rings (SSSR count). The first-order chi connectivity index (χ1) is 14.2. The van der Waals surface area contributed by atoms with Crippen LogP contribution in [-0.2, 0) is 26.9 Å². The van der Waals surface area contributed by atoms with Gasteiger partial charge in [-0.15, -0.1) is 0 Å². The van der Waals surface area contributed by atoms with E-state index in [0.29, 0.717) is 24.1 Å². The summed E-state index contributed by atoms with van der Waals surface area (Å²) in [5, 5.41) is 0. The lowest BCUT2D eigenvalue weighted by molar-refractivity contribution is 0.00578. The van der Waals surface area contributed by atoms with Crippen LogP contribution in [-0.4, -0.2) is 48.0 Å². The SMILES string of the molecule is CCOC(=O)c1cnc(OC)nc1CCc1ccccc1B1OC(C)(C)C(C)(C)O1. The van der Waals surface area contributed by atoms with E-state index < -0.39 is 24.3 Å². The van der Waals surface area contributed by atoms with Crippen LogP contribution >= 0.6 is 0 Å². The minimum atomic E-state index is -0.448. The summed E-state index contributed by atoms with van der Waals surface area (Å²) in [5.74, 6) is -0.436. The number of esters is 1. The Balaban J connectivity index is 1.85. The molecule has 0 radical (unpaired) electrons. The highest BCUT2D eigenvalue weighted by atomic mass is 16.7. The summed E-state index contributed by atoms with van der Waals surface area (Å²) < 4.78 is 22.7. The molecule has 1 aromatic heterocycles. The van der Waals surface area contributed by atoms with E-state index in [4.69, 9.17) is 18.8 Å². The van der Waals surface area contributed by atoms with Crippen molar-refractivity contribution in [3.8, 4) is 6.01 Å². The van der Waals surface area contributed by atoms with Crippen molar-refractivity contribution in [1.29, 1.82) is 0 Å². The van der Waals surface area contributed by atoms with E-state index in [1.54, 1.807) is 6.92 Å². The van der Waals surface area contributed by atoms with Gasteiger partial charge in [0, 0.05) is 6.20 Å². The fourth-order valence-corrected chi connectivity index (χ4v) is 3.28. The minimum Gasteiger partial charge on any atom is -0.467 e. The Bertz CT molecular complexity index is 900. The van der Waals surface area contributed by atoms with E-state index in [0.717, 1.165) is 11.0 Å². The zero-order valence-corrected chi connectivity index (χ0v) is 18.5. The van der Waals surface area contributed by atoms with Gasteiger partial charge in [-0.3, -0.25) is 0 Å². The molecule has 0 unspecified atom stereocenters. The average Bonchev–Trinajstić information content (AvgIpc) is 2.93. The van der Waals surface area contributed by atoms with Crippen molar-refractivity contribution < 1.29 is 23.6 Å². The summed E-state index contributed by atoms with van der Waals surface area (Å²) in [6.45, 7) is 10.2. The third kappa shape index (κ3) is 4.49. The van der Waals surface area contributed by atoms with E-state index >= 15 is 0 Å². The number of hydrogen-bond donors (Lipinski definition) is 0. The normalized spacial score (nSPS) is 17.1. The van der Waals surface area contributed by atoms with Crippen LogP contribution in [0.5, 0.6) is 6.01 Å². The first-order valence-electron chi connectivity index (χ1n) is 10.2. The molecule has 8 heteroatoms. The molecule has 7 nitrogen and oxygen atoms in total. The molecule has 160 valence electrons. The Kier molecular flexibility index (Phi) is 6.48. The second kappa shape index (κ2) is 8.74. The van der Waals surface area contributed by atoms with Crippen molar-refractivity contribution in [3.05, 3.63) is 47.3 Å². The second-order valence-electron chi connectivity index (χ2n) is 8.22. The third-order valence-electron chi connectivity index (χ3n) is 5.72. The van der Waals surface area contributed by atoms with Crippen LogP contribution in [0.4, 0.5) is 0 Å². The first-order valence-corrected chi connectivity index (χ1v) is 10.2. The van der Waals surface area contributed by atoms with Crippen molar-refractivity contribution in [1.82, 2.24) is 9.97 Å². The monoisotopic (exact) mass is 412 g/mol. The van der Waals surface area contributed by atoms with Crippen LogP contribution in [0.25, 0.3) is 0 Å². The Labute approximate surface area is 178 Å². The molecule has 1 aliphatic rings. The van der Waals surface area contributed by atoms with Crippen molar-refractivity contribution in [2.75, 3.05) is 13.7 Å². The Hall–Kier alpha value is -2.45. The predicted molar refractivity (Wildman–Crippen MR) is 114 cm³/mol. The van der Waals surface area contributed by atoms with E-state index in [-0.39, 0.29) is 12.6 Å². The number of ether oxygens (including phenoxy) is 2. The number of carbonyl (C=O) groups excluding carboxylic acids is 1. The highest BCUT2D eigenvalue weighted by Gasteiger charge is 2.52. The Morgan fingerprint density at radius 3 is 2.40 bits per heavy atom. The van der Waals surface area contributed by atoms with Crippen LogP contribution < -0.4 is 10.2 Å². The van der Waals surface area contributed by atoms with E-state index in [1.807, 2.05) is 52.0 Å². The Morgan fingerprint density at radius 1 is 1.10 bits per heavy atom. The zero-order valence-electron chi connectivity index (χ0n) is 18.5. The molecule has 0 saturated carbocycles. The Morgan fingerprint density at radius 2 is 1.77 bits per heavy atom. The third-order valence-corrected chi connectivity index (χ3v) is 5.72. The van der Waals surface area contributed by atoms with Crippen LogP contribution in [0.1, 0.15) is 56.2 Å². The lowest BCUT2D eigenvalue weighted by Crippen LogP contribution is -2.41. The van der Waals surface area contributed by atoms with Crippen molar-refractivity contribution in [2.45, 2.75) is 58.7 Å². The molecule has 1 aliphatic heterocycles. The van der Waals surface area contributed by atoms with Gasteiger partial charge < -0.3 is 18.8 Å². The maximum Gasteiger partial charge on any atom is 0.495 e. The number of aromatic nitrogens is 2. The number of aryl methyl sites for hydroxylation is 2. The van der Waals surface area contributed by atoms with Crippen LogP contribution in [0.3, 0.4) is 0 Å². The van der Waals surface area contributed by atoms with Gasteiger partial charge in [0.15, 0.2) is 0 Å². The van der Waals surface area contributed by atoms with Gasteiger partial charge in [0.25, 0.3) is 0 Å². The first kappa shape index (κ1) is 22.2. The van der Waals surface area contributed by atoms with Crippen LogP contribution in [0, 0.1) is 0 Å². The maximum atomic E-state index is 12.3. The molecule has 1 aromatic carbocycles. The van der Waals surface area contributed by atoms with Gasteiger partial charge >= 0.3 is 19.1 Å². The number of rotatable bonds is 7. The second-order valence-corrected chi connectivity index (χ2v) is 8.22. The number of benzene rings is 1. The van der Waals surface area contributed by atoms with Gasteiger partial charge in [-0.25, -0.2) is 9.78 Å². The molecule has 0 spiro atoms. The summed E-state index contributed by atoms with van der Waals surface area (Å²) in [6, 6.07) is 8.24. The number of methoxy groups -OCH3 is 1. The summed E-state index contributed by atoms with van der Waals surface area (Å²) >= 11 is 0. The number of nitrogens with zero attached hydrogens (tertiary/aromatic N) is 2. The quantitative estimate of drug-likeness (QED) is 0.511. The molecular formula is C22H29BN2O5. The van der Waals surface area contributed by atoms with Crippen LogP contribution in [0.15, 0.2) is 30.5 Å². The van der Waals surface area contributed by atoms with Crippen molar-refractivity contribution >= 4 is 18.6 Å². The molecule has 1 saturated heterocycles. The minimum absolute atomic E-state index is 0.220. The molecule has 30 heavy (non-hydrogen) atoms. The van der Waals surface area contributed by atoms with Crippen LogP contribution in [0.2, 0.25) is 0 Å². The lowest BCUT2D eigenvalue weighted by atomic mass is 9.75. The largest absolute Gasteiger partial charge is 0.495 e. The van der Waals surface area contributed by atoms with Gasteiger partial charge in [-0.05, 0) is 58.5 Å². The van der Waals surface area contributed by atoms with Gasteiger partial charge in [0.2, 0.25) is 0 Å². The molecule has 2 aromatic rings. The maximum absolute atomic E-state index is 12.3. The van der Waals surface area contributed by atoms with Crippen molar-refractivity contribution in [2.24, 2.45) is 0 Å². The summed E-state index contributed by atoms with van der Waals surface area (Å²) in [5.41, 5.74) is 2.16. The fourth-order valence-electron chi connectivity index (χ4n) is 3.28. The molecule has 0 amide bonds. The van der Waals surface area contributed by atoms with Crippen molar-refractivity contribution in [3.63, 3.8) is 0 Å². The fraction of sp³-hybridized carbons (Fsp3) is 0.500. The zero-order chi connectivity index (χ0) is 21.9. The number of carbonyl (C=O) groups is 1. The van der Waals surface area contributed by atoms with E-state index in [9.17, 15) is 4.79 Å². The highest BCUT2D eigenvalue weighted by molar-refractivity contribution is 6.62. The summed E-state index contributed by atoms with van der Waals surface area (Å²) in [4.78, 5) is 20.8. The smallest absolute Gasteiger partial charge is 0.467 e. The summed E-state index contributed by atoms with van der Waals surface area (Å²) in [6.07, 6.45) is 2.62. The van der Waals surface area contributed by atoms with Gasteiger partial charge in [0.05, 0.1) is 36.2 Å². The molecule has 2 heterocycles. The molecule has 0 N–H and O–H groups in total. The van der Waals surface area contributed by atoms with Gasteiger partial charge in [-0.1, -0.05) is 24.3 Å². The molecule has 0 aliphatic carbocycles. The molecule has 0 atom stereocenters. The predicted octanol–water partition coefficient (Wildman–Crippen LogP) is 2.75. The molecular weight excluding hydrogens is 383 g/mol. The number of hydrogen-bond acceptors (Lipinski definition) is 7. The lowest BCUT2D eigenvalue weighted by Gasteiger charge is -2.32. The standard InChI is InChI=1S/C22H29BN2O5/c1-7-28-19(26)16-14-24-20(27-6)25-18(16)13-12-15-10-8-9-11-17(15)23-29-21(2,3)22(4,5)30-23/h8-11,14H,7,12-13H2,1-6H3. The van der Waals surface area contributed by atoms with E-state index in [2.05, 4.69) is 9.97 Å². The summed E-state index contributed by atoms with van der Waals surface area (Å²) in [7, 11) is 1.05. The topological polar surface area (TPSA) is 79.8 Å². The molecule has 1 fully saturated rings. The average molecular weight is 412 g/mol. The highest BCUT2D eigenvalue weighted by Crippen LogP contribution is 2.36. The molecule has 0 bridgehead atoms. The van der Waals surface area contributed by atoms with E-state index in [1.165, 1.54) is 13.3 Å². The van der Waals surface area contributed by atoms with Gasteiger partial charge in [-0.2, -0.15) is 4.98 Å². The van der Waals surface area contributed by atoms with Gasteiger partial charge in [0.1, 0.15) is 0 Å².